The monoisotopic (exact) mass is 240 g/mol. The van der Waals surface area contributed by atoms with Gasteiger partial charge in [0.15, 0.2) is 11.6 Å². The number of aromatic nitrogens is 2. The van der Waals surface area contributed by atoms with Gasteiger partial charge >= 0.3 is 5.97 Å². The number of halogens is 2. The summed E-state index contributed by atoms with van der Waals surface area (Å²) >= 11 is 0. The van der Waals surface area contributed by atoms with Crippen LogP contribution in [0, 0.1) is 18.6 Å². The molecule has 0 aliphatic heterocycles. The Bertz CT molecular complexity index is 593. The van der Waals surface area contributed by atoms with E-state index in [0.29, 0.717) is 16.9 Å². The Morgan fingerprint density at radius 1 is 1.41 bits per heavy atom. The average molecular weight is 240 g/mol. The Morgan fingerprint density at radius 2 is 2.06 bits per heavy atom. The molecular formula is C11H10F2N2O2. The summed E-state index contributed by atoms with van der Waals surface area (Å²) < 4.78 is 27.7. The SMILES string of the molecule is Cc1nc2cc(F)c(F)cc2n1CCC(=O)O. The van der Waals surface area contributed by atoms with Gasteiger partial charge in [0.2, 0.25) is 0 Å². The number of hydrogen-bond donors (Lipinski definition) is 1. The van der Waals surface area contributed by atoms with Crippen LogP contribution < -0.4 is 0 Å². The standard InChI is InChI=1S/C11H10F2N2O2/c1-6-14-9-4-7(12)8(13)5-10(9)15(6)3-2-11(16)17/h4-5H,2-3H2,1H3,(H,16,17). The van der Waals surface area contributed by atoms with Crippen molar-refractivity contribution in [2.45, 2.75) is 19.9 Å². The van der Waals surface area contributed by atoms with Crippen molar-refractivity contribution in [3.05, 3.63) is 29.6 Å². The smallest absolute Gasteiger partial charge is 0.305 e. The van der Waals surface area contributed by atoms with Gasteiger partial charge in [-0.2, -0.15) is 0 Å². The topological polar surface area (TPSA) is 55.1 Å². The molecule has 0 spiro atoms. The van der Waals surface area contributed by atoms with Crippen molar-refractivity contribution >= 4 is 17.0 Å². The summed E-state index contributed by atoms with van der Waals surface area (Å²) in [6.45, 7) is 1.85. The predicted molar refractivity (Wildman–Crippen MR) is 56.6 cm³/mol. The molecule has 1 N–H and O–H groups in total. The zero-order valence-electron chi connectivity index (χ0n) is 9.07. The van der Waals surface area contributed by atoms with Crippen molar-refractivity contribution in [3.63, 3.8) is 0 Å². The molecule has 0 aliphatic carbocycles. The van der Waals surface area contributed by atoms with Crippen molar-refractivity contribution in [2.24, 2.45) is 0 Å². The van der Waals surface area contributed by atoms with Gasteiger partial charge in [-0.1, -0.05) is 0 Å². The van der Waals surface area contributed by atoms with E-state index < -0.39 is 17.6 Å². The first kappa shape index (κ1) is 11.5. The zero-order valence-corrected chi connectivity index (χ0v) is 9.07. The molecule has 0 radical (unpaired) electrons. The molecule has 0 saturated heterocycles. The van der Waals surface area contributed by atoms with E-state index in [4.69, 9.17) is 5.11 Å². The molecule has 1 aromatic heterocycles. The van der Waals surface area contributed by atoms with Gasteiger partial charge in [-0.25, -0.2) is 13.8 Å². The molecule has 0 unspecified atom stereocenters. The number of aliphatic carboxylic acids is 1. The zero-order chi connectivity index (χ0) is 12.6. The van der Waals surface area contributed by atoms with Crippen LogP contribution in [0.3, 0.4) is 0 Å². The van der Waals surface area contributed by atoms with E-state index in [1.807, 2.05) is 0 Å². The molecule has 17 heavy (non-hydrogen) atoms. The second-order valence-corrected chi connectivity index (χ2v) is 3.71. The first-order valence-corrected chi connectivity index (χ1v) is 5.02. The molecule has 0 fully saturated rings. The minimum absolute atomic E-state index is 0.0920. The third-order valence-corrected chi connectivity index (χ3v) is 2.53. The number of benzene rings is 1. The molecule has 90 valence electrons. The lowest BCUT2D eigenvalue weighted by atomic mass is 10.3. The van der Waals surface area contributed by atoms with Crippen LogP contribution in [0.1, 0.15) is 12.2 Å². The quantitative estimate of drug-likeness (QED) is 0.893. The van der Waals surface area contributed by atoms with E-state index in [-0.39, 0.29) is 13.0 Å². The number of carbonyl (C=O) groups is 1. The fourth-order valence-electron chi connectivity index (χ4n) is 1.73. The molecule has 6 heteroatoms. The Balaban J connectivity index is 2.50. The summed E-state index contributed by atoms with van der Waals surface area (Å²) in [6, 6.07) is 2.04. The molecule has 0 amide bonds. The van der Waals surface area contributed by atoms with E-state index in [0.717, 1.165) is 12.1 Å². The summed E-state index contributed by atoms with van der Waals surface area (Å²) in [7, 11) is 0. The fraction of sp³-hybridized carbons (Fsp3) is 0.273. The van der Waals surface area contributed by atoms with Gasteiger partial charge in [0.25, 0.3) is 0 Å². The normalized spacial score (nSPS) is 11.0. The number of hydrogen-bond acceptors (Lipinski definition) is 2. The third-order valence-electron chi connectivity index (χ3n) is 2.53. The Labute approximate surface area is 95.5 Å². The summed E-state index contributed by atoms with van der Waals surface area (Å²) in [4.78, 5) is 14.6. The van der Waals surface area contributed by atoms with Gasteiger partial charge in [-0.3, -0.25) is 4.79 Å². The van der Waals surface area contributed by atoms with Crippen LogP contribution >= 0.6 is 0 Å². The number of rotatable bonds is 3. The van der Waals surface area contributed by atoms with E-state index in [9.17, 15) is 13.6 Å². The highest BCUT2D eigenvalue weighted by atomic mass is 19.2. The van der Waals surface area contributed by atoms with Gasteiger partial charge in [-0.15, -0.1) is 0 Å². The Hall–Kier alpha value is -1.98. The van der Waals surface area contributed by atoms with E-state index >= 15 is 0 Å². The molecule has 4 nitrogen and oxygen atoms in total. The van der Waals surface area contributed by atoms with Crippen LogP contribution in [-0.4, -0.2) is 20.6 Å². The molecule has 2 aromatic rings. The molecule has 0 aliphatic rings. The second-order valence-electron chi connectivity index (χ2n) is 3.71. The molecule has 0 atom stereocenters. The molecule has 0 bridgehead atoms. The number of carboxylic acid groups (broad SMARTS) is 1. The minimum atomic E-state index is -0.964. The van der Waals surface area contributed by atoms with Crippen molar-refractivity contribution in [1.82, 2.24) is 9.55 Å². The number of carboxylic acids is 1. The van der Waals surface area contributed by atoms with E-state index in [1.165, 1.54) is 0 Å². The highest BCUT2D eigenvalue weighted by Gasteiger charge is 2.12. The summed E-state index contributed by atoms with van der Waals surface area (Å²) in [6.07, 6.45) is -0.0920. The maximum atomic E-state index is 13.1. The number of fused-ring (bicyclic) bond motifs is 1. The van der Waals surface area contributed by atoms with Gasteiger partial charge in [-0.05, 0) is 6.92 Å². The van der Waals surface area contributed by atoms with Gasteiger partial charge in [0.05, 0.1) is 17.5 Å². The largest absolute Gasteiger partial charge is 0.481 e. The Morgan fingerprint density at radius 3 is 2.71 bits per heavy atom. The Kier molecular flexibility index (Phi) is 2.79. The molecule has 2 rings (SSSR count). The lowest BCUT2D eigenvalue weighted by Gasteiger charge is -2.04. The lowest BCUT2D eigenvalue weighted by molar-refractivity contribution is -0.137. The van der Waals surface area contributed by atoms with E-state index in [2.05, 4.69) is 4.98 Å². The molecule has 1 heterocycles. The van der Waals surface area contributed by atoms with Crippen LogP contribution in [0.25, 0.3) is 11.0 Å². The van der Waals surface area contributed by atoms with Crippen molar-refractivity contribution < 1.29 is 18.7 Å². The first-order valence-electron chi connectivity index (χ1n) is 5.02. The lowest BCUT2D eigenvalue weighted by Crippen LogP contribution is -2.06. The number of nitrogens with zero attached hydrogens (tertiary/aromatic N) is 2. The van der Waals surface area contributed by atoms with Crippen LogP contribution in [0.4, 0.5) is 8.78 Å². The van der Waals surface area contributed by atoms with Crippen LogP contribution in [0.2, 0.25) is 0 Å². The molecule has 1 aromatic carbocycles. The van der Waals surface area contributed by atoms with Crippen molar-refractivity contribution in [1.29, 1.82) is 0 Å². The van der Waals surface area contributed by atoms with Gasteiger partial charge < -0.3 is 9.67 Å². The average Bonchev–Trinajstić information content (AvgIpc) is 2.52. The van der Waals surface area contributed by atoms with Gasteiger partial charge in [0.1, 0.15) is 5.82 Å². The first-order chi connectivity index (χ1) is 7.99. The maximum Gasteiger partial charge on any atom is 0.305 e. The molecular weight excluding hydrogens is 230 g/mol. The highest BCUT2D eigenvalue weighted by Crippen LogP contribution is 2.20. The number of imidazole rings is 1. The van der Waals surface area contributed by atoms with Crippen molar-refractivity contribution in [3.8, 4) is 0 Å². The van der Waals surface area contributed by atoms with Gasteiger partial charge in [0, 0.05) is 18.7 Å². The summed E-state index contributed by atoms with van der Waals surface area (Å²) in [5.41, 5.74) is 0.731. The predicted octanol–water partition coefficient (Wildman–Crippen LogP) is 2.10. The number of aryl methyl sites for hydroxylation is 2. The van der Waals surface area contributed by atoms with E-state index in [1.54, 1.807) is 11.5 Å². The van der Waals surface area contributed by atoms with Crippen molar-refractivity contribution in [2.75, 3.05) is 0 Å². The fourth-order valence-corrected chi connectivity index (χ4v) is 1.73. The highest BCUT2D eigenvalue weighted by molar-refractivity contribution is 5.76. The molecule has 0 saturated carbocycles. The van der Waals surface area contributed by atoms with Crippen LogP contribution in [0.5, 0.6) is 0 Å². The summed E-state index contributed by atoms with van der Waals surface area (Å²) in [5, 5.41) is 8.61. The minimum Gasteiger partial charge on any atom is -0.481 e. The third kappa shape index (κ3) is 2.11. The summed E-state index contributed by atoms with van der Waals surface area (Å²) in [5.74, 6) is -2.34. The van der Waals surface area contributed by atoms with Crippen LogP contribution in [-0.2, 0) is 11.3 Å². The van der Waals surface area contributed by atoms with Crippen LogP contribution in [0.15, 0.2) is 12.1 Å². The maximum absolute atomic E-state index is 13.1. The second kappa shape index (κ2) is 4.12.